The fourth-order valence-electron chi connectivity index (χ4n) is 4.87. The first-order valence-corrected chi connectivity index (χ1v) is 12.6. The Balaban J connectivity index is 1.35. The minimum Gasteiger partial charge on any atom is -0.478 e. The van der Waals surface area contributed by atoms with E-state index in [1.54, 1.807) is 38.1 Å². The first kappa shape index (κ1) is 27.3. The second kappa shape index (κ2) is 10.6. The van der Waals surface area contributed by atoms with Crippen LogP contribution in [0.5, 0.6) is 5.75 Å². The van der Waals surface area contributed by atoms with E-state index in [0.717, 1.165) is 12.8 Å². The van der Waals surface area contributed by atoms with Crippen molar-refractivity contribution in [1.82, 2.24) is 15.6 Å². The second-order valence-electron chi connectivity index (χ2n) is 9.83. The molecule has 0 spiro atoms. The Morgan fingerprint density at radius 1 is 1.08 bits per heavy atom. The summed E-state index contributed by atoms with van der Waals surface area (Å²) in [6, 6.07) is 8.18. The summed E-state index contributed by atoms with van der Waals surface area (Å²) in [5.41, 5.74) is -1.08. The standard InChI is InChI=1S/C25H27Cl2F3N4O3/c1-24(2,37-18-6-7-19(26)20(27)11-18)23(36)33-15-9-16-4-5-17(10-15)34(16)21-8-3-14(12-31-21)22(35)32-13-25(28,29)30/h3,6-8,11-12,15-17H,4-5,9-10,13H2,1-2H3,(H,32,35)(H,33,36)/t15-,16+,17-. The number of rotatable bonds is 7. The molecular weight excluding hydrogens is 532 g/mol. The average Bonchev–Trinajstić information content (AvgIpc) is 3.09. The Labute approximate surface area is 222 Å². The lowest BCUT2D eigenvalue weighted by Crippen LogP contribution is -2.55. The van der Waals surface area contributed by atoms with E-state index in [1.807, 2.05) is 5.32 Å². The van der Waals surface area contributed by atoms with Crippen molar-refractivity contribution in [2.45, 2.75) is 69.4 Å². The third-order valence-electron chi connectivity index (χ3n) is 6.60. The summed E-state index contributed by atoms with van der Waals surface area (Å²) in [7, 11) is 0. The molecule has 2 aromatic rings. The van der Waals surface area contributed by atoms with Crippen molar-refractivity contribution in [2.75, 3.05) is 11.4 Å². The molecule has 12 heteroatoms. The number of nitrogens with zero attached hydrogens (tertiary/aromatic N) is 2. The van der Waals surface area contributed by atoms with E-state index >= 15 is 0 Å². The molecule has 2 aliphatic rings. The number of fused-ring (bicyclic) bond motifs is 2. The number of carbonyl (C=O) groups excluding carboxylic acids is 2. The van der Waals surface area contributed by atoms with Gasteiger partial charge in [-0.1, -0.05) is 23.2 Å². The molecule has 2 fully saturated rings. The zero-order chi connectivity index (χ0) is 27.0. The lowest BCUT2D eigenvalue weighted by Gasteiger charge is -2.40. The number of carbonyl (C=O) groups is 2. The molecule has 3 heterocycles. The van der Waals surface area contributed by atoms with Gasteiger partial charge in [0, 0.05) is 30.4 Å². The van der Waals surface area contributed by atoms with Gasteiger partial charge in [0.25, 0.3) is 11.8 Å². The highest BCUT2D eigenvalue weighted by atomic mass is 35.5. The maximum Gasteiger partial charge on any atom is 0.405 e. The van der Waals surface area contributed by atoms with Crippen LogP contribution in [0.15, 0.2) is 36.5 Å². The molecule has 2 bridgehead atoms. The summed E-state index contributed by atoms with van der Waals surface area (Å²) < 4.78 is 43.0. The van der Waals surface area contributed by atoms with E-state index in [4.69, 9.17) is 27.9 Å². The number of piperidine rings is 1. The van der Waals surface area contributed by atoms with Crippen molar-refractivity contribution in [3.8, 4) is 5.75 Å². The summed E-state index contributed by atoms with van der Waals surface area (Å²) in [6.45, 7) is 1.97. The van der Waals surface area contributed by atoms with Gasteiger partial charge in [-0.25, -0.2) is 4.98 Å². The van der Waals surface area contributed by atoms with Crippen LogP contribution in [0.2, 0.25) is 10.0 Å². The van der Waals surface area contributed by atoms with E-state index in [2.05, 4.69) is 15.2 Å². The maximum absolute atomic E-state index is 13.1. The number of hydrogen-bond acceptors (Lipinski definition) is 5. The molecular formula is C25H27Cl2F3N4O3. The number of amides is 2. The molecule has 3 atom stereocenters. The van der Waals surface area contributed by atoms with Crippen LogP contribution in [0.25, 0.3) is 0 Å². The third-order valence-corrected chi connectivity index (χ3v) is 7.34. The van der Waals surface area contributed by atoms with Crippen LogP contribution < -0.4 is 20.3 Å². The van der Waals surface area contributed by atoms with Gasteiger partial charge in [-0.15, -0.1) is 0 Å². The molecule has 0 radical (unpaired) electrons. The van der Waals surface area contributed by atoms with E-state index in [0.29, 0.717) is 34.5 Å². The van der Waals surface area contributed by atoms with Crippen LogP contribution in [0.3, 0.4) is 0 Å². The van der Waals surface area contributed by atoms with Gasteiger partial charge in [-0.05, 0) is 63.8 Å². The maximum atomic E-state index is 13.1. The van der Waals surface area contributed by atoms with Crippen molar-refractivity contribution < 1.29 is 27.5 Å². The monoisotopic (exact) mass is 558 g/mol. The molecule has 7 nitrogen and oxygen atoms in total. The molecule has 0 aliphatic carbocycles. The molecule has 4 rings (SSSR count). The summed E-state index contributed by atoms with van der Waals surface area (Å²) in [5.74, 6) is 0.0224. The summed E-state index contributed by atoms with van der Waals surface area (Å²) in [5, 5.41) is 5.69. The zero-order valence-corrected chi connectivity index (χ0v) is 21.8. The number of nitrogens with one attached hydrogen (secondary N) is 2. The SMILES string of the molecule is CC(C)(Oc1ccc(Cl)c(Cl)c1)C(=O)N[C@H]1C[C@H]2CC[C@@H](C1)N2c1ccc(C(=O)NCC(F)(F)F)cn1. The van der Waals surface area contributed by atoms with Gasteiger partial charge in [-0.3, -0.25) is 9.59 Å². The van der Waals surface area contributed by atoms with Gasteiger partial charge in [0.15, 0.2) is 5.60 Å². The molecule has 2 aliphatic heterocycles. The Morgan fingerprint density at radius 2 is 1.76 bits per heavy atom. The smallest absolute Gasteiger partial charge is 0.405 e. The van der Waals surface area contributed by atoms with Crippen LogP contribution >= 0.6 is 23.2 Å². The lowest BCUT2D eigenvalue weighted by atomic mass is 9.96. The largest absolute Gasteiger partial charge is 0.478 e. The van der Waals surface area contributed by atoms with Gasteiger partial charge in [0.05, 0.1) is 15.6 Å². The number of aromatic nitrogens is 1. The average molecular weight is 559 g/mol. The van der Waals surface area contributed by atoms with Crippen LogP contribution in [-0.2, 0) is 4.79 Å². The second-order valence-corrected chi connectivity index (χ2v) is 10.6. The number of benzene rings is 1. The first-order valence-electron chi connectivity index (χ1n) is 11.9. The normalized spacial score (nSPS) is 21.5. The van der Waals surface area contributed by atoms with Crippen molar-refractivity contribution in [1.29, 1.82) is 0 Å². The van der Waals surface area contributed by atoms with E-state index < -0.39 is 24.2 Å². The quantitative estimate of drug-likeness (QED) is 0.490. The van der Waals surface area contributed by atoms with Gasteiger partial charge < -0.3 is 20.3 Å². The first-order chi connectivity index (χ1) is 17.3. The van der Waals surface area contributed by atoms with Crippen molar-refractivity contribution >= 4 is 40.8 Å². The van der Waals surface area contributed by atoms with E-state index in [-0.39, 0.29) is 29.6 Å². The van der Waals surface area contributed by atoms with Crippen LogP contribution in [0.1, 0.15) is 49.9 Å². The Hall–Kier alpha value is -2.72. The van der Waals surface area contributed by atoms with Crippen molar-refractivity contribution in [3.63, 3.8) is 0 Å². The Morgan fingerprint density at radius 3 is 2.32 bits per heavy atom. The minimum absolute atomic E-state index is 0.0506. The topological polar surface area (TPSA) is 83.6 Å². The van der Waals surface area contributed by atoms with Crippen LogP contribution in [-0.4, -0.2) is 53.2 Å². The number of pyridine rings is 1. The number of hydrogen-bond donors (Lipinski definition) is 2. The highest BCUT2D eigenvalue weighted by Crippen LogP contribution is 2.39. The molecule has 2 saturated heterocycles. The molecule has 0 saturated carbocycles. The number of halogens is 5. The third kappa shape index (κ3) is 6.59. The Bertz CT molecular complexity index is 1150. The van der Waals surface area contributed by atoms with E-state index in [9.17, 15) is 22.8 Å². The zero-order valence-electron chi connectivity index (χ0n) is 20.2. The highest BCUT2D eigenvalue weighted by Gasteiger charge is 2.43. The van der Waals surface area contributed by atoms with Crippen molar-refractivity contribution in [2.24, 2.45) is 0 Å². The molecule has 2 amide bonds. The van der Waals surface area contributed by atoms with Crippen LogP contribution in [0, 0.1) is 0 Å². The predicted molar refractivity (Wildman–Crippen MR) is 134 cm³/mol. The molecule has 0 unspecified atom stereocenters. The van der Waals surface area contributed by atoms with Gasteiger partial charge in [0.2, 0.25) is 0 Å². The summed E-state index contributed by atoms with van der Waals surface area (Å²) >= 11 is 12.0. The van der Waals surface area contributed by atoms with Crippen molar-refractivity contribution in [3.05, 3.63) is 52.1 Å². The Kier molecular flexibility index (Phi) is 7.80. The summed E-state index contributed by atoms with van der Waals surface area (Å²) in [4.78, 5) is 31.6. The molecule has 2 N–H and O–H groups in total. The fraction of sp³-hybridized carbons (Fsp3) is 0.480. The molecule has 1 aromatic heterocycles. The number of ether oxygens (including phenoxy) is 1. The predicted octanol–water partition coefficient (Wildman–Crippen LogP) is 5.15. The molecule has 1 aromatic carbocycles. The molecule has 200 valence electrons. The minimum atomic E-state index is -4.48. The molecule has 37 heavy (non-hydrogen) atoms. The fourth-order valence-corrected chi connectivity index (χ4v) is 5.15. The highest BCUT2D eigenvalue weighted by molar-refractivity contribution is 6.42. The lowest BCUT2D eigenvalue weighted by molar-refractivity contribution is -0.135. The number of alkyl halides is 3. The van der Waals surface area contributed by atoms with Gasteiger partial charge in [-0.2, -0.15) is 13.2 Å². The van der Waals surface area contributed by atoms with Gasteiger partial charge >= 0.3 is 6.18 Å². The summed E-state index contributed by atoms with van der Waals surface area (Å²) in [6.07, 6.45) is 0.0801. The van der Waals surface area contributed by atoms with E-state index in [1.165, 1.54) is 12.3 Å². The number of anilines is 1. The van der Waals surface area contributed by atoms with Crippen LogP contribution in [0.4, 0.5) is 19.0 Å². The van der Waals surface area contributed by atoms with Gasteiger partial charge in [0.1, 0.15) is 18.1 Å².